The third-order valence-corrected chi connectivity index (χ3v) is 7.62. The van der Waals surface area contributed by atoms with E-state index >= 15 is 0 Å². The van der Waals surface area contributed by atoms with Crippen LogP contribution >= 0.6 is 0 Å². The standard InChI is InChI=1S/C31H45N3/c1-24-7-6-18-34(22-24)25(2)28-11-13-29(14-12-28)30-15-10-27(21-32-30)9-8-26-16-19-33(20-17-26)23-31(3,4)5/h10-15,21,24,26H,2,6-9,16-20,22-23H2,1,3-5H3. The third-order valence-electron chi connectivity index (χ3n) is 7.62. The van der Waals surface area contributed by atoms with Crippen LogP contribution in [-0.2, 0) is 6.42 Å². The van der Waals surface area contributed by atoms with E-state index in [1.54, 1.807) is 0 Å². The number of piperidine rings is 2. The molecular weight excluding hydrogens is 414 g/mol. The van der Waals surface area contributed by atoms with Crippen LogP contribution in [-0.4, -0.2) is 47.5 Å². The summed E-state index contributed by atoms with van der Waals surface area (Å²) in [5.41, 5.74) is 6.39. The highest BCUT2D eigenvalue weighted by molar-refractivity contribution is 5.67. The highest BCUT2D eigenvalue weighted by Crippen LogP contribution is 2.28. The number of aryl methyl sites for hydroxylation is 1. The topological polar surface area (TPSA) is 19.4 Å². The number of aromatic nitrogens is 1. The lowest BCUT2D eigenvalue weighted by Crippen LogP contribution is -2.39. The number of rotatable bonds is 7. The van der Waals surface area contributed by atoms with Crippen LogP contribution < -0.4 is 0 Å². The van der Waals surface area contributed by atoms with Crippen molar-refractivity contribution in [3.05, 3.63) is 60.3 Å². The van der Waals surface area contributed by atoms with Gasteiger partial charge in [-0.15, -0.1) is 0 Å². The third kappa shape index (κ3) is 6.95. The quantitative estimate of drug-likeness (QED) is 0.438. The Hall–Kier alpha value is -2.13. The number of benzene rings is 1. The molecule has 0 N–H and O–H groups in total. The van der Waals surface area contributed by atoms with Crippen LogP contribution in [0.4, 0.5) is 0 Å². The highest BCUT2D eigenvalue weighted by atomic mass is 15.1. The van der Waals surface area contributed by atoms with Crippen molar-refractivity contribution in [3.8, 4) is 11.3 Å². The maximum absolute atomic E-state index is 4.80. The number of pyridine rings is 1. The molecule has 2 aromatic rings. The van der Waals surface area contributed by atoms with Crippen molar-refractivity contribution in [2.24, 2.45) is 17.3 Å². The molecule has 34 heavy (non-hydrogen) atoms. The van der Waals surface area contributed by atoms with Gasteiger partial charge in [-0.3, -0.25) is 4.98 Å². The molecule has 2 aliphatic heterocycles. The van der Waals surface area contributed by atoms with E-state index in [4.69, 9.17) is 4.98 Å². The van der Waals surface area contributed by atoms with Crippen LogP contribution in [0.5, 0.6) is 0 Å². The van der Waals surface area contributed by atoms with Crippen molar-refractivity contribution in [2.45, 2.75) is 66.2 Å². The molecule has 2 saturated heterocycles. The van der Waals surface area contributed by atoms with E-state index in [1.165, 1.54) is 68.4 Å². The van der Waals surface area contributed by atoms with Gasteiger partial charge in [0.2, 0.25) is 0 Å². The molecule has 0 bridgehead atoms. The predicted octanol–water partition coefficient (Wildman–Crippen LogP) is 7.14. The Morgan fingerprint density at radius 3 is 2.35 bits per heavy atom. The van der Waals surface area contributed by atoms with Crippen molar-refractivity contribution < 1.29 is 0 Å². The van der Waals surface area contributed by atoms with Gasteiger partial charge in [-0.1, -0.05) is 64.6 Å². The smallest absolute Gasteiger partial charge is 0.0702 e. The summed E-state index contributed by atoms with van der Waals surface area (Å²) < 4.78 is 0. The first-order valence-electron chi connectivity index (χ1n) is 13.5. The van der Waals surface area contributed by atoms with Gasteiger partial charge in [0.1, 0.15) is 0 Å². The molecule has 1 aromatic heterocycles. The summed E-state index contributed by atoms with van der Waals surface area (Å²) in [5, 5.41) is 0. The molecule has 0 radical (unpaired) electrons. The van der Waals surface area contributed by atoms with Gasteiger partial charge in [0.25, 0.3) is 0 Å². The number of nitrogens with zero attached hydrogens (tertiary/aromatic N) is 3. The lowest BCUT2D eigenvalue weighted by Gasteiger charge is -2.36. The second kappa shape index (κ2) is 11.1. The van der Waals surface area contributed by atoms with E-state index in [1.807, 2.05) is 0 Å². The van der Waals surface area contributed by atoms with E-state index in [0.29, 0.717) is 5.41 Å². The van der Waals surface area contributed by atoms with Gasteiger partial charge in [0, 0.05) is 37.1 Å². The maximum atomic E-state index is 4.80. The summed E-state index contributed by atoms with van der Waals surface area (Å²) in [6.07, 6.45) is 9.81. The van der Waals surface area contributed by atoms with Gasteiger partial charge in [-0.25, -0.2) is 0 Å². The Labute approximate surface area is 208 Å². The lowest BCUT2D eigenvalue weighted by atomic mass is 9.89. The van der Waals surface area contributed by atoms with Gasteiger partial charge in [0.15, 0.2) is 0 Å². The maximum Gasteiger partial charge on any atom is 0.0702 e. The van der Waals surface area contributed by atoms with Gasteiger partial charge in [-0.2, -0.15) is 0 Å². The second-order valence-corrected chi connectivity index (χ2v) is 12.1. The molecule has 0 spiro atoms. The molecule has 184 valence electrons. The van der Waals surface area contributed by atoms with Crippen LogP contribution in [0.3, 0.4) is 0 Å². The SMILES string of the molecule is C=C(c1ccc(-c2ccc(CCC3CCN(CC(C)(C)C)CC3)cn2)cc1)N1CCCC(C)C1. The fourth-order valence-corrected chi connectivity index (χ4v) is 5.67. The van der Waals surface area contributed by atoms with Crippen molar-refractivity contribution in [3.63, 3.8) is 0 Å². The summed E-state index contributed by atoms with van der Waals surface area (Å²) in [6, 6.07) is 13.3. The molecule has 2 fully saturated rings. The first-order valence-corrected chi connectivity index (χ1v) is 13.5. The Morgan fingerprint density at radius 2 is 1.74 bits per heavy atom. The summed E-state index contributed by atoms with van der Waals surface area (Å²) in [6.45, 7) is 19.8. The molecular formula is C31H45N3. The first-order chi connectivity index (χ1) is 16.3. The summed E-state index contributed by atoms with van der Waals surface area (Å²) >= 11 is 0. The van der Waals surface area contributed by atoms with Crippen molar-refractivity contribution in [1.29, 1.82) is 0 Å². The highest BCUT2D eigenvalue weighted by Gasteiger charge is 2.23. The molecule has 1 aromatic carbocycles. The van der Waals surface area contributed by atoms with Crippen LogP contribution in [0.2, 0.25) is 0 Å². The Balaban J connectivity index is 1.26. The van der Waals surface area contributed by atoms with Gasteiger partial charge in [-0.05, 0) is 86.1 Å². The van der Waals surface area contributed by atoms with Crippen LogP contribution in [0.15, 0.2) is 49.2 Å². The fraction of sp³-hybridized carbons (Fsp3) is 0.581. The Bertz CT molecular complexity index is 915. The lowest BCUT2D eigenvalue weighted by molar-refractivity contribution is 0.133. The molecule has 3 heterocycles. The zero-order valence-corrected chi connectivity index (χ0v) is 22.0. The minimum Gasteiger partial charge on any atom is -0.371 e. The molecule has 4 rings (SSSR count). The average Bonchev–Trinajstić information content (AvgIpc) is 2.83. The molecule has 1 atom stereocenters. The van der Waals surface area contributed by atoms with Crippen molar-refractivity contribution >= 4 is 5.70 Å². The van der Waals surface area contributed by atoms with Crippen LogP contribution in [0, 0.1) is 17.3 Å². The van der Waals surface area contributed by atoms with Crippen LogP contribution in [0.1, 0.15) is 70.9 Å². The minimum absolute atomic E-state index is 0.403. The Kier molecular flexibility index (Phi) is 8.14. The van der Waals surface area contributed by atoms with Gasteiger partial charge in [0.05, 0.1) is 5.69 Å². The van der Waals surface area contributed by atoms with E-state index in [0.717, 1.165) is 42.7 Å². The molecule has 3 nitrogen and oxygen atoms in total. The number of hydrogen-bond acceptors (Lipinski definition) is 3. The fourth-order valence-electron chi connectivity index (χ4n) is 5.67. The van der Waals surface area contributed by atoms with Gasteiger partial charge < -0.3 is 9.80 Å². The molecule has 3 heteroatoms. The zero-order chi connectivity index (χ0) is 24.1. The van der Waals surface area contributed by atoms with E-state index in [2.05, 4.69) is 86.7 Å². The predicted molar refractivity (Wildman–Crippen MR) is 146 cm³/mol. The van der Waals surface area contributed by atoms with E-state index in [-0.39, 0.29) is 0 Å². The van der Waals surface area contributed by atoms with Crippen molar-refractivity contribution in [2.75, 3.05) is 32.7 Å². The molecule has 0 aliphatic carbocycles. The van der Waals surface area contributed by atoms with Crippen molar-refractivity contribution in [1.82, 2.24) is 14.8 Å². The molecule has 2 aliphatic rings. The largest absolute Gasteiger partial charge is 0.371 e. The van der Waals surface area contributed by atoms with Crippen LogP contribution in [0.25, 0.3) is 17.0 Å². The van der Waals surface area contributed by atoms with E-state index in [9.17, 15) is 0 Å². The average molecular weight is 460 g/mol. The minimum atomic E-state index is 0.403. The number of hydrogen-bond donors (Lipinski definition) is 0. The van der Waals surface area contributed by atoms with Gasteiger partial charge >= 0.3 is 0 Å². The second-order valence-electron chi connectivity index (χ2n) is 12.1. The van der Waals surface area contributed by atoms with E-state index < -0.39 is 0 Å². The first kappa shape index (κ1) is 25.0. The monoisotopic (exact) mass is 459 g/mol. The number of likely N-dealkylation sites (tertiary alicyclic amines) is 2. The normalized spacial score (nSPS) is 20.5. The molecule has 0 amide bonds. The summed E-state index contributed by atoms with van der Waals surface area (Å²) in [7, 11) is 0. The zero-order valence-electron chi connectivity index (χ0n) is 22.0. The summed E-state index contributed by atoms with van der Waals surface area (Å²) in [4.78, 5) is 9.90. The molecule has 1 unspecified atom stereocenters. The molecule has 0 saturated carbocycles. The summed E-state index contributed by atoms with van der Waals surface area (Å²) in [5.74, 6) is 1.62. The Morgan fingerprint density at radius 1 is 1.00 bits per heavy atom.